The third-order valence-corrected chi connectivity index (χ3v) is 4.96. The molecule has 0 N–H and O–H groups in total. The molecule has 1 aliphatic heterocycles. The number of sulfonamides is 1. The van der Waals surface area contributed by atoms with Gasteiger partial charge < -0.3 is 4.57 Å². The minimum Gasteiger partial charge on any atom is -0.337 e. The molecule has 0 saturated heterocycles. The van der Waals surface area contributed by atoms with Crippen LogP contribution in [0.5, 0.6) is 0 Å². The van der Waals surface area contributed by atoms with E-state index in [1.54, 1.807) is 18.5 Å². The minimum atomic E-state index is -4.39. The lowest BCUT2D eigenvalue weighted by Gasteiger charge is -2.25. The fourth-order valence-corrected chi connectivity index (χ4v) is 3.31. The van der Waals surface area contributed by atoms with E-state index in [0.29, 0.717) is 5.82 Å². The van der Waals surface area contributed by atoms with Gasteiger partial charge in [-0.2, -0.15) is 17.5 Å². The van der Waals surface area contributed by atoms with Gasteiger partial charge in [0.15, 0.2) is 5.03 Å². The van der Waals surface area contributed by atoms with Crippen LogP contribution in [0.4, 0.5) is 13.2 Å². The Bertz CT molecular complexity index is 627. The maximum Gasteiger partial charge on any atom is 0.412 e. The minimum absolute atomic E-state index is 0.138. The molecule has 1 aliphatic rings. The van der Waals surface area contributed by atoms with Crippen LogP contribution in [0.2, 0.25) is 0 Å². The third-order valence-electron chi connectivity index (χ3n) is 3.23. The van der Waals surface area contributed by atoms with Crippen molar-refractivity contribution >= 4 is 10.0 Å². The molecule has 2 heterocycles. The van der Waals surface area contributed by atoms with Gasteiger partial charge >= 0.3 is 6.18 Å². The van der Waals surface area contributed by atoms with E-state index in [4.69, 9.17) is 0 Å². The monoisotopic (exact) mass is 309 g/mol. The number of nitrogens with zero attached hydrogens (tertiary/aromatic N) is 3. The van der Waals surface area contributed by atoms with Gasteiger partial charge in [0.05, 0.1) is 0 Å². The molecule has 0 atom stereocenters. The topological polar surface area (TPSA) is 55.2 Å². The zero-order chi connectivity index (χ0) is 15.1. The van der Waals surface area contributed by atoms with Crippen LogP contribution in [0.3, 0.4) is 0 Å². The van der Waals surface area contributed by atoms with E-state index in [0.717, 1.165) is 10.4 Å². The predicted octanol–water partition coefficient (Wildman–Crippen LogP) is 1.61. The van der Waals surface area contributed by atoms with Gasteiger partial charge in [-0.1, -0.05) is 6.08 Å². The van der Waals surface area contributed by atoms with Crippen LogP contribution in [0.15, 0.2) is 22.9 Å². The van der Waals surface area contributed by atoms with Gasteiger partial charge in [-0.3, -0.25) is 0 Å². The fourth-order valence-electron chi connectivity index (χ4n) is 1.91. The van der Waals surface area contributed by atoms with Crippen LogP contribution < -0.4 is 0 Å². The van der Waals surface area contributed by atoms with Gasteiger partial charge in [-0.15, -0.1) is 0 Å². The highest BCUT2D eigenvalue weighted by Gasteiger charge is 2.37. The third kappa shape index (κ3) is 2.73. The molecular weight excluding hydrogens is 295 g/mol. The summed E-state index contributed by atoms with van der Waals surface area (Å²) in [6, 6.07) is 0. The van der Waals surface area contributed by atoms with Crippen molar-refractivity contribution in [2.75, 3.05) is 13.1 Å². The first-order chi connectivity index (χ1) is 9.12. The molecule has 1 aromatic heterocycles. The average Bonchev–Trinajstić information content (AvgIpc) is 2.69. The molecule has 0 radical (unpaired) electrons. The number of alkyl halides is 3. The van der Waals surface area contributed by atoms with E-state index < -0.39 is 21.8 Å². The second-order valence-corrected chi connectivity index (χ2v) is 6.46. The molecule has 0 aromatic carbocycles. The molecule has 1 aromatic rings. The number of aryl methyl sites for hydroxylation is 2. The van der Waals surface area contributed by atoms with E-state index in [2.05, 4.69) is 4.98 Å². The molecule has 0 aliphatic carbocycles. The zero-order valence-electron chi connectivity index (χ0n) is 11.0. The Labute approximate surface area is 114 Å². The number of imidazole rings is 1. The second-order valence-electron chi connectivity index (χ2n) is 4.58. The van der Waals surface area contributed by atoms with Gasteiger partial charge in [0.1, 0.15) is 5.82 Å². The Balaban J connectivity index is 2.24. The highest BCUT2D eigenvalue weighted by Crippen LogP contribution is 2.31. The molecule has 0 spiro atoms. The second kappa shape index (κ2) is 4.88. The van der Waals surface area contributed by atoms with Crippen LogP contribution in [-0.4, -0.2) is 41.5 Å². The number of halogens is 3. The van der Waals surface area contributed by atoms with Crippen LogP contribution >= 0.6 is 0 Å². The lowest BCUT2D eigenvalue weighted by Crippen LogP contribution is -2.36. The highest BCUT2D eigenvalue weighted by molar-refractivity contribution is 7.89. The standard InChI is InChI=1S/C11H14F3N3O2S/c1-8-15-10(7-16(8)2)20(18,19)17-5-3-9(4-6-17)11(12,13)14/h3,7H,4-6H2,1-2H3. The van der Waals surface area contributed by atoms with Crippen molar-refractivity contribution in [2.45, 2.75) is 24.5 Å². The summed E-state index contributed by atoms with van der Waals surface area (Å²) >= 11 is 0. The normalized spacial score (nSPS) is 18.1. The van der Waals surface area contributed by atoms with Crippen LogP contribution in [-0.2, 0) is 17.1 Å². The number of aromatic nitrogens is 2. The number of rotatable bonds is 2. The molecule has 0 bridgehead atoms. The molecule has 0 saturated carbocycles. The molecule has 0 unspecified atom stereocenters. The maximum atomic E-state index is 12.5. The van der Waals surface area contributed by atoms with E-state index in [9.17, 15) is 21.6 Å². The van der Waals surface area contributed by atoms with Crippen molar-refractivity contribution in [1.82, 2.24) is 13.9 Å². The molecule has 5 nitrogen and oxygen atoms in total. The van der Waals surface area contributed by atoms with E-state index in [1.165, 1.54) is 6.20 Å². The maximum absolute atomic E-state index is 12.5. The van der Waals surface area contributed by atoms with Gasteiger partial charge in [0.2, 0.25) is 0 Å². The molecule has 0 fully saturated rings. The van der Waals surface area contributed by atoms with Crippen LogP contribution in [0, 0.1) is 6.92 Å². The van der Waals surface area contributed by atoms with Gasteiger partial charge in [-0.05, 0) is 13.3 Å². The lowest BCUT2D eigenvalue weighted by molar-refractivity contribution is -0.0953. The first kappa shape index (κ1) is 15.0. The summed E-state index contributed by atoms with van der Waals surface area (Å²) < 4.78 is 64.5. The summed E-state index contributed by atoms with van der Waals surface area (Å²) in [5.41, 5.74) is -0.679. The number of hydrogen-bond acceptors (Lipinski definition) is 3. The summed E-state index contributed by atoms with van der Waals surface area (Å²) in [6.07, 6.45) is -2.46. The molecule has 20 heavy (non-hydrogen) atoms. The summed E-state index contributed by atoms with van der Waals surface area (Å²) in [5.74, 6) is 0.520. The smallest absolute Gasteiger partial charge is 0.337 e. The zero-order valence-corrected chi connectivity index (χ0v) is 11.8. The average molecular weight is 309 g/mol. The van der Waals surface area contributed by atoms with Gasteiger partial charge in [0.25, 0.3) is 10.0 Å². The molecule has 112 valence electrons. The first-order valence-corrected chi connectivity index (χ1v) is 7.32. The van der Waals surface area contributed by atoms with Crippen molar-refractivity contribution < 1.29 is 21.6 Å². The predicted molar refractivity (Wildman–Crippen MR) is 65.5 cm³/mol. The first-order valence-electron chi connectivity index (χ1n) is 5.88. The molecule has 9 heteroatoms. The lowest BCUT2D eigenvalue weighted by atomic mass is 10.1. The van der Waals surface area contributed by atoms with E-state index in [1.807, 2.05) is 0 Å². The van der Waals surface area contributed by atoms with Gasteiger partial charge in [0, 0.05) is 31.9 Å². The molecule has 0 amide bonds. The van der Waals surface area contributed by atoms with Gasteiger partial charge in [-0.25, -0.2) is 13.4 Å². The summed E-state index contributed by atoms with van der Waals surface area (Å²) in [4.78, 5) is 3.92. The fraction of sp³-hybridized carbons (Fsp3) is 0.545. The Morgan fingerprint density at radius 2 is 2.00 bits per heavy atom. The van der Waals surface area contributed by atoms with Crippen molar-refractivity contribution in [1.29, 1.82) is 0 Å². The quantitative estimate of drug-likeness (QED) is 0.780. The summed E-state index contributed by atoms with van der Waals surface area (Å²) in [6.45, 7) is 1.17. The Morgan fingerprint density at radius 1 is 1.35 bits per heavy atom. The molecule has 2 rings (SSSR count). The van der Waals surface area contributed by atoms with Crippen molar-refractivity contribution in [3.8, 4) is 0 Å². The molecular formula is C11H14F3N3O2S. The largest absolute Gasteiger partial charge is 0.412 e. The Morgan fingerprint density at radius 3 is 2.40 bits per heavy atom. The Hall–Kier alpha value is -1.35. The highest BCUT2D eigenvalue weighted by atomic mass is 32.2. The van der Waals surface area contributed by atoms with E-state index in [-0.39, 0.29) is 24.5 Å². The van der Waals surface area contributed by atoms with Crippen molar-refractivity contribution in [2.24, 2.45) is 7.05 Å². The van der Waals surface area contributed by atoms with Crippen LogP contribution in [0.1, 0.15) is 12.2 Å². The van der Waals surface area contributed by atoms with Crippen molar-refractivity contribution in [3.63, 3.8) is 0 Å². The van der Waals surface area contributed by atoms with Crippen LogP contribution in [0.25, 0.3) is 0 Å². The number of hydrogen-bond donors (Lipinski definition) is 0. The van der Waals surface area contributed by atoms with E-state index >= 15 is 0 Å². The SMILES string of the molecule is Cc1nc(S(=O)(=O)N2CC=C(C(F)(F)F)CC2)cn1C. The summed E-state index contributed by atoms with van der Waals surface area (Å²) in [5, 5.41) is -0.138. The van der Waals surface area contributed by atoms with Crippen molar-refractivity contribution in [3.05, 3.63) is 23.7 Å². The summed E-state index contributed by atoms with van der Waals surface area (Å²) in [7, 11) is -2.19. The Kier molecular flexibility index (Phi) is 3.67.